The summed E-state index contributed by atoms with van der Waals surface area (Å²) >= 11 is 0. The number of hydrogen-bond acceptors (Lipinski definition) is 4. The second-order valence-electron chi connectivity index (χ2n) is 7.11. The summed E-state index contributed by atoms with van der Waals surface area (Å²) in [5, 5.41) is 6.03. The lowest BCUT2D eigenvalue weighted by molar-refractivity contribution is 0.277. The fourth-order valence-electron chi connectivity index (χ4n) is 4.00. The summed E-state index contributed by atoms with van der Waals surface area (Å²) in [4.78, 5) is 7.53. The Morgan fingerprint density at radius 2 is 1.86 bits per heavy atom. The zero-order valence-electron chi connectivity index (χ0n) is 16.9. The third-order valence-corrected chi connectivity index (χ3v) is 5.54. The quantitative estimate of drug-likeness (QED) is 0.544. The number of fused-ring (bicyclic) bond motifs is 1. The number of likely N-dealkylation sites (tertiary alicyclic amines) is 1. The van der Waals surface area contributed by atoms with Crippen molar-refractivity contribution in [1.82, 2.24) is 9.88 Å². The van der Waals surface area contributed by atoms with Crippen LogP contribution in [0.25, 0.3) is 22.0 Å². The number of pyridine rings is 1. The van der Waals surface area contributed by atoms with E-state index in [4.69, 9.17) is 9.72 Å². The van der Waals surface area contributed by atoms with Crippen LogP contribution in [0.2, 0.25) is 0 Å². The standard InChI is InChI=1S/C23H27N3O.2ClH/c1-3-26-14-6-8-19(26)16-24-23-21-9-5-4-7-18(21)15-22(25-23)17-10-12-20(27-2)13-11-17;;/h4-5,7,9-13,15,19H,3,6,8,14,16H2,1-2H3,(H,24,25);2*1H. The number of halogens is 2. The average molecular weight is 434 g/mol. The highest BCUT2D eigenvalue weighted by Crippen LogP contribution is 2.29. The van der Waals surface area contributed by atoms with Crippen molar-refractivity contribution in [2.24, 2.45) is 0 Å². The van der Waals surface area contributed by atoms with Crippen molar-refractivity contribution < 1.29 is 4.74 Å². The van der Waals surface area contributed by atoms with Gasteiger partial charge < -0.3 is 10.1 Å². The lowest BCUT2D eigenvalue weighted by Crippen LogP contribution is -2.34. The number of likely N-dealkylation sites (N-methyl/N-ethyl adjacent to an activating group) is 1. The fourth-order valence-corrected chi connectivity index (χ4v) is 4.00. The van der Waals surface area contributed by atoms with Crippen LogP contribution in [0.1, 0.15) is 19.8 Å². The van der Waals surface area contributed by atoms with Crippen LogP contribution in [-0.4, -0.2) is 42.7 Å². The van der Waals surface area contributed by atoms with Gasteiger partial charge in [-0.2, -0.15) is 0 Å². The molecular formula is C23H29Cl2N3O. The van der Waals surface area contributed by atoms with E-state index in [0.29, 0.717) is 6.04 Å². The Labute approximate surface area is 185 Å². The van der Waals surface area contributed by atoms with Gasteiger partial charge in [0.15, 0.2) is 0 Å². The molecule has 4 rings (SSSR count). The first kappa shape index (κ1) is 23.3. The Morgan fingerprint density at radius 3 is 2.59 bits per heavy atom. The summed E-state index contributed by atoms with van der Waals surface area (Å²) < 4.78 is 5.28. The van der Waals surface area contributed by atoms with Crippen LogP contribution < -0.4 is 10.1 Å². The molecule has 3 aromatic rings. The first-order chi connectivity index (χ1) is 13.3. The summed E-state index contributed by atoms with van der Waals surface area (Å²) in [6, 6.07) is 19.3. The molecule has 156 valence electrons. The van der Waals surface area contributed by atoms with Crippen molar-refractivity contribution in [3.63, 3.8) is 0 Å². The maximum atomic E-state index is 5.28. The molecule has 0 spiro atoms. The molecule has 0 saturated carbocycles. The largest absolute Gasteiger partial charge is 0.497 e. The van der Waals surface area contributed by atoms with E-state index in [9.17, 15) is 0 Å². The molecule has 2 heterocycles. The van der Waals surface area contributed by atoms with Crippen LogP contribution in [0.5, 0.6) is 5.75 Å². The number of aromatic nitrogens is 1. The molecule has 2 aromatic carbocycles. The molecule has 6 heteroatoms. The van der Waals surface area contributed by atoms with Gasteiger partial charge in [0.1, 0.15) is 11.6 Å². The van der Waals surface area contributed by atoms with Gasteiger partial charge in [-0.05, 0) is 61.6 Å². The number of hydrogen-bond donors (Lipinski definition) is 1. The van der Waals surface area contributed by atoms with Crippen molar-refractivity contribution in [2.75, 3.05) is 32.1 Å². The minimum absolute atomic E-state index is 0. The maximum Gasteiger partial charge on any atom is 0.134 e. The van der Waals surface area contributed by atoms with E-state index in [1.807, 2.05) is 12.1 Å². The molecule has 1 aromatic heterocycles. The Kier molecular flexibility index (Phi) is 8.57. The van der Waals surface area contributed by atoms with Crippen LogP contribution in [0.15, 0.2) is 54.6 Å². The van der Waals surface area contributed by atoms with Gasteiger partial charge in [0, 0.05) is 23.5 Å². The number of ether oxygens (including phenoxy) is 1. The lowest BCUT2D eigenvalue weighted by Gasteiger charge is -2.23. The second kappa shape index (κ2) is 10.7. The van der Waals surface area contributed by atoms with Gasteiger partial charge in [-0.15, -0.1) is 24.8 Å². The molecule has 1 saturated heterocycles. The highest BCUT2D eigenvalue weighted by molar-refractivity contribution is 5.94. The van der Waals surface area contributed by atoms with Crippen LogP contribution in [0.3, 0.4) is 0 Å². The van der Waals surface area contributed by atoms with E-state index in [1.165, 1.54) is 30.2 Å². The molecule has 0 aliphatic carbocycles. The topological polar surface area (TPSA) is 37.4 Å². The number of methoxy groups -OCH3 is 1. The molecule has 1 N–H and O–H groups in total. The van der Waals surface area contributed by atoms with E-state index < -0.39 is 0 Å². The summed E-state index contributed by atoms with van der Waals surface area (Å²) in [5.41, 5.74) is 2.08. The van der Waals surface area contributed by atoms with E-state index in [0.717, 1.165) is 35.9 Å². The highest BCUT2D eigenvalue weighted by Gasteiger charge is 2.22. The van der Waals surface area contributed by atoms with Gasteiger partial charge in [-0.3, -0.25) is 4.90 Å². The third kappa shape index (κ3) is 5.13. The van der Waals surface area contributed by atoms with Crippen molar-refractivity contribution in [3.8, 4) is 17.0 Å². The average Bonchev–Trinajstić information content (AvgIpc) is 3.19. The Balaban J connectivity index is 0.00000150. The van der Waals surface area contributed by atoms with Gasteiger partial charge in [0.25, 0.3) is 0 Å². The normalized spacial score (nSPS) is 16.1. The Bertz CT molecular complexity index is 918. The van der Waals surface area contributed by atoms with Crippen molar-refractivity contribution >= 4 is 41.4 Å². The van der Waals surface area contributed by atoms with Crippen molar-refractivity contribution in [3.05, 3.63) is 54.6 Å². The predicted molar refractivity (Wildman–Crippen MR) is 127 cm³/mol. The molecule has 4 nitrogen and oxygen atoms in total. The molecule has 29 heavy (non-hydrogen) atoms. The van der Waals surface area contributed by atoms with E-state index in [2.05, 4.69) is 59.6 Å². The summed E-state index contributed by atoms with van der Waals surface area (Å²) in [6.07, 6.45) is 2.55. The van der Waals surface area contributed by atoms with Crippen LogP contribution in [0.4, 0.5) is 5.82 Å². The number of nitrogens with one attached hydrogen (secondary N) is 1. The molecule has 1 aliphatic heterocycles. The van der Waals surface area contributed by atoms with Gasteiger partial charge >= 0.3 is 0 Å². The number of anilines is 1. The number of nitrogens with zero attached hydrogens (tertiary/aromatic N) is 2. The Hall–Kier alpha value is -2.01. The zero-order valence-corrected chi connectivity index (χ0v) is 18.6. The predicted octanol–water partition coefficient (Wildman–Crippen LogP) is 5.65. The first-order valence-electron chi connectivity index (χ1n) is 9.80. The van der Waals surface area contributed by atoms with Crippen LogP contribution in [0, 0.1) is 0 Å². The first-order valence-corrected chi connectivity index (χ1v) is 9.80. The van der Waals surface area contributed by atoms with Gasteiger partial charge in [-0.25, -0.2) is 4.98 Å². The molecule has 0 amide bonds. The zero-order chi connectivity index (χ0) is 18.6. The number of rotatable bonds is 6. The van der Waals surface area contributed by atoms with E-state index in [1.54, 1.807) is 7.11 Å². The highest BCUT2D eigenvalue weighted by atomic mass is 35.5. The molecule has 0 bridgehead atoms. The third-order valence-electron chi connectivity index (χ3n) is 5.54. The SMILES string of the molecule is CCN1CCCC1CNc1nc(-c2ccc(OC)cc2)cc2ccccc12.Cl.Cl. The van der Waals surface area contributed by atoms with Crippen LogP contribution in [-0.2, 0) is 0 Å². The summed E-state index contributed by atoms with van der Waals surface area (Å²) in [5.74, 6) is 1.83. The van der Waals surface area contributed by atoms with E-state index >= 15 is 0 Å². The summed E-state index contributed by atoms with van der Waals surface area (Å²) in [6.45, 7) is 5.52. The summed E-state index contributed by atoms with van der Waals surface area (Å²) in [7, 11) is 1.69. The monoisotopic (exact) mass is 433 g/mol. The maximum absolute atomic E-state index is 5.28. The lowest BCUT2D eigenvalue weighted by atomic mass is 10.1. The molecular weight excluding hydrogens is 405 g/mol. The molecule has 1 aliphatic rings. The minimum Gasteiger partial charge on any atom is -0.497 e. The molecule has 1 atom stereocenters. The molecule has 0 radical (unpaired) electrons. The van der Waals surface area contributed by atoms with Gasteiger partial charge in [0.05, 0.1) is 12.8 Å². The van der Waals surface area contributed by atoms with Gasteiger partial charge in [-0.1, -0.05) is 31.2 Å². The van der Waals surface area contributed by atoms with E-state index in [-0.39, 0.29) is 24.8 Å². The minimum atomic E-state index is 0. The van der Waals surface area contributed by atoms with Crippen molar-refractivity contribution in [2.45, 2.75) is 25.8 Å². The number of benzene rings is 2. The molecule has 1 unspecified atom stereocenters. The smallest absolute Gasteiger partial charge is 0.134 e. The molecule has 1 fully saturated rings. The van der Waals surface area contributed by atoms with Crippen molar-refractivity contribution in [1.29, 1.82) is 0 Å². The fraction of sp³-hybridized carbons (Fsp3) is 0.348. The van der Waals surface area contributed by atoms with Crippen LogP contribution >= 0.6 is 24.8 Å². The second-order valence-corrected chi connectivity index (χ2v) is 7.11. The van der Waals surface area contributed by atoms with Gasteiger partial charge in [0.2, 0.25) is 0 Å². The Morgan fingerprint density at radius 1 is 1.10 bits per heavy atom.